The molecule has 1 aliphatic heterocycles. The Morgan fingerprint density at radius 1 is 1.24 bits per heavy atom. The Balaban J connectivity index is 1.53. The molecule has 3 rings (SSSR count). The number of halogens is 1. The largest absolute Gasteiger partial charge is 0.504 e. The van der Waals surface area contributed by atoms with Crippen LogP contribution >= 0.6 is 11.6 Å². The first kappa shape index (κ1) is 17.6. The average molecular weight is 361 g/mol. The maximum absolute atomic E-state index is 9.63. The van der Waals surface area contributed by atoms with Crippen LogP contribution in [0.3, 0.4) is 0 Å². The molecule has 1 fully saturated rings. The highest BCUT2D eigenvalue weighted by molar-refractivity contribution is 6.31. The predicted molar refractivity (Wildman–Crippen MR) is 99.7 cm³/mol. The van der Waals surface area contributed by atoms with Gasteiger partial charge in [-0.05, 0) is 29.8 Å². The second-order valence-electron chi connectivity index (χ2n) is 6.15. The van der Waals surface area contributed by atoms with E-state index >= 15 is 0 Å². The summed E-state index contributed by atoms with van der Waals surface area (Å²) in [5.41, 5.74) is 2.10. The first-order valence-corrected chi connectivity index (χ1v) is 8.76. The summed E-state index contributed by atoms with van der Waals surface area (Å²) in [5, 5.41) is 17.1. The Morgan fingerprint density at radius 2 is 2.00 bits per heavy atom. The van der Waals surface area contributed by atoms with Gasteiger partial charge in [0.1, 0.15) is 6.54 Å². The first-order valence-electron chi connectivity index (χ1n) is 8.38. The molecular weight excluding hydrogens is 338 g/mol. The van der Waals surface area contributed by atoms with Gasteiger partial charge in [0.2, 0.25) is 0 Å². The quantitative estimate of drug-likeness (QED) is 0.799. The highest BCUT2D eigenvalue weighted by Crippen LogP contribution is 2.25. The number of quaternary nitrogens is 1. The van der Waals surface area contributed by atoms with Crippen LogP contribution in [0.25, 0.3) is 0 Å². The number of piperazine rings is 1. The summed E-state index contributed by atoms with van der Waals surface area (Å²) in [6, 6.07) is 13.3. The number of aromatic hydroxyl groups is 1. The number of benzene rings is 2. The van der Waals surface area contributed by atoms with Crippen molar-refractivity contribution in [2.45, 2.75) is 6.54 Å². The van der Waals surface area contributed by atoms with E-state index in [-0.39, 0.29) is 5.75 Å². The van der Waals surface area contributed by atoms with Gasteiger partial charge in [-0.1, -0.05) is 29.8 Å². The maximum atomic E-state index is 9.63. The lowest BCUT2D eigenvalue weighted by atomic mass is 10.2. The molecular formula is C19H23ClN3O2+. The van der Waals surface area contributed by atoms with Gasteiger partial charge in [0, 0.05) is 10.6 Å². The molecule has 5 nitrogen and oxygen atoms in total. The van der Waals surface area contributed by atoms with Gasteiger partial charge < -0.3 is 14.7 Å². The van der Waals surface area contributed by atoms with Crippen molar-refractivity contribution in [3.63, 3.8) is 0 Å². The fourth-order valence-corrected chi connectivity index (χ4v) is 3.14. The summed E-state index contributed by atoms with van der Waals surface area (Å²) in [4.78, 5) is 1.52. The molecule has 0 atom stereocenters. The molecule has 0 aromatic heterocycles. The number of nitrogens with zero attached hydrogens (tertiary/aromatic N) is 2. The average Bonchev–Trinajstić information content (AvgIpc) is 2.64. The molecule has 0 unspecified atom stereocenters. The second-order valence-corrected chi connectivity index (χ2v) is 6.55. The van der Waals surface area contributed by atoms with Crippen LogP contribution in [0, 0.1) is 0 Å². The van der Waals surface area contributed by atoms with Crippen molar-refractivity contribution in [2.24, 2.45) is 5.10 Å². The maximum Gasteiger partial charge on any atom is 0.161 e. The van der Waals surface area contributed by atoms with Gasteiger partial charge in [-0.2, -0.15) is 5.10 Å². The number of hydrogen-bond donors (Lipinski definition) is 2. The van der Waals surface area contributed by atoms with E-state index in [1.807, 2.05) is 24.3 Å². The van der Waals surface area contributed by atoms with Gasteiger partial charge in [-0.3, -0.25) is 5.01 Å². The third-order valence-corrected chi connectivity index (χ3v) is 4.79. The normalized spacial score (nSPS) is 15.7. The lowest BCUT2D eigenvalue weighted by Gasteiger charge is -2.30. The van der Waals surface area contributed by atoms with Crippen LogP contribution in [0.1, 0.15) is 11.1 Å². The standard InChI is InChI=1S/C19H22ClN3O2/c1-25-19-12-15(6-7-18(19)24)13-21-23-10-8-22(9-11-23)14-16-4-2-3-5-17(16)20/h2-7,12-13,24H,8-11,14H2,1H3/p+1/b21-13+. The molecule has 0 amide bonds. The van der Waals surface area contributed by atoms with Crippen molar-refractivity contribution in [1.29, 1.82) is 0 Å². The highest BCUT2D eigenvalue weighted by Gasteiger charge is 2.19. The Hall–Kier alpha value is -2.24. The number of hydrogen-bond acceptors (Lipinski definition) is 4. The van der Waals surface area contributed by atoms with Gasteiger partial charge in [-0.15, -0.1) is 0 Å². The van der Waals surface area contributed by atoms with E-state index < -0.39 is 0 Å². The molecule has 25 heavy (non-hydrogen) atoms. The van der Waals surface area contributed by atoms with Gasteiger partial charge >= 0.3 is 0 Å². The minimum Gasteiger partial charge on any atom is -0.504 e. The van der Waals surface area contributed by atoms with Crippen molar-refractivity contribution in [3.8, 4) is 11.5 Å². The van der Waals surface area contributed by atoms with Crippen molar-refractivity contribution >= 4 is 17.8 Å². The van der Waals surface area contributed by atoms with E-state index in [9.17, 15) is 5.11 Å². The summed E-state index contributed by atoms with van der Waals surface area (Å²) in [6.07, 6.45) is 1.81. The summed E-state index contributed by atoms with van der Waals surface area (Å²) in [7, 11) is 1.54. The van der Waals surface area contributed by atoms with Crippen molar-refractivity contribution in [3.05, 3.63) is 58.6 Å². The van der Waals surface area contributed by atoms with E-state index in [4.69, 9.17) is 16.3 Å². The number of methoxy groups -OCH3 is 1. The number of phenols is 1. The molecule has 132 valence electrons. The zero-order valence-electron chi connectivity index (χ0n) is 14.3. The molecule has 6 heteroatoms. The molecule has 0 spiro atoms. The van der Waals surface area contributed by atoms with Crippen molar-refractivity contribution in [2.75, 3.05) is 33.3 Å². The molecule has 0 bridgehead atoms. The van der Waals surface area contributed by atoms with Crippen LogP contribution in [0.15, 0.2) is 47.6 Å². The van der Waals surface area contributed by atoms with Gasteiger partial charge in [-0.25, -0.2) is 0 Å². The Morgan fingerprint density at radius 3 is 2.72 bits per heavy atom. The van der Waals surface area contributed by atoms with Gasteiger partial charge in [0.15, 0.2) is 11.5 Å². The van der Waals surface area contributed by atoms with Crippen molar-refractivity contribution < 1.29 is 14.7 Å². The highest BCUT2D eigenvalue weighted by atomic mass is 35.5. The molecule has 2 aromatic rings. The topological polar surface area (TPSA) is 49.5 Å². The number of ether oxygens (including phenoxy) is 1. The molecule has 0 saturated carbocycles. The van der Waals surface area contributed by atoms with Gasteiger partial charge in [0.05, 0.1) is 39.5 Å². The summed E-state index contributed by atoms with van der Waals surface area (Å²) < 4.78 is 5.12. The van der Waals surface area contributed by atoms with Gasteiger partial charge in [0.25, 0.3) is 0 Å². The van der Waals surface area contributed by atoms with E-state index in [2.05, 4.69) is 16.2 Å². The minimum atomic E-state index is 0.136. The number of phenolic OH excluding ortho intramolecular Hbond substituents is 1. The van der Waals surface area contributed by atoms with E-state index in [0.29, 0.717) is 5.75 Å². The fourth-order valence-electron chi connectivity index (χ4n) is 2.94. The second kappa shape index (κ2) is 8.23. The van der Waals surface area contributed by atoms with Crippen LogP contribution < -0.4 is 9.64 Å². The molecule has 2 aromatic carbocycles. The molecule has 0 aliphatic carbocycles. The van der Waals surface area contributed by atoms with E-state index in [0.717, 1.165) is 43.3 Å². The SMILES string of the molecule is COc1cc(/C=N/N2CC[NH+](Cc3ccccc3Cl)CC2)ccc1O. The Bertz CT molecular complexity index is 743. The number of rotatable bonds is 5. The number of nitrogens with one attached hydrogen (secondary N) is 1. The molecule has 2 N–H and O–H groups in total. The zero-order chi connectivity index (χ0) is 17.6. The van der Waals surface area contributed by atoms with E-state index in [1.165, 1.54) is 17.6 Å². The fraction of sp³-hybridized carbons (Fsp3) is 0.316. The van der Waals surface area contributed by atoms with Crippen LogP contribution in [-0.2, 0) is 6.54 Å². The van der Waals surface area contributed by atoms with Crippen LogP contribution in [-0.4, -0.2) is 49.6 Å². The Labute approximate surface area is 153 Å². The minimum absolute atomic E-state index is 0.136. The first-order chi connectivity index (χ1) is 12.2. The van der Waals surface area contributed by atoms with E-state index in [1.54, 1.807) is 18.3 Å². The summed E-state index contributed by atoms with van der Waals surface area (Å²) in [6.45, 7) is 4.83. The van der Waals surface area contributed by atoms with Crippen molar-refractivity contribution in [1.82, 2.24) is 5.01 Å². The Kier molecular flexibility index (Phi) is 5.79. The predicted octanol–water partition coefficient (Wildman–Crippen LogP) is 1.79. The molecule has 1 saturated heterocycles. The number of hydrazone groups is 1. The molecule has 1 heterocycles. The lowest BCUT2D eigenvalue weighted by molar-refractivity contribution is -0.918. The molecule has 1 aliphatic rings. The third kappa shape index (κ3) is 4.65. The lowest BCUT2D eigenvalue weighted by Crippen LogP contribution is -3.13. The smallest absolute Gasteiger partial charge is 0.161 e. The third-order valence-electron chi connectivity index (χ3n) is 4.42. The summed E-state index contributed by atoms with van der Waals surface area (Å²) >= 11 is 6.25. The van der Waals surface area contributed by atoms with Crippen LogP contribution in [0.2, 0.25) is 5.02 Å². The molecule has 0 radical (unpaired) electrons. The van der Waals surface area contributed by atoms with Crippen LogP contribution in [0.5, 0.6) is 11.5 Å². The van der Waals surface area contributed by atoms with Crippen LogP contribution in [0.4, 0.5) is 0 Å². The summed E-state index contributed by atoms with van der Waals surface area (Å²) in [5.74, 6) is 0.592. The monoisotopic (exact) mass is 360 g/mol. The zero-order valence-corrected chi connectivity index (χ0v) is 15.0.